The summed E-state index contributed by atoms with van der Waals surface area (Å²) < 4.78 is 95.1. The number of benzene rings is 1. The maximum atomic E-state index is 13.8. The number of fused-ring (bicyclic) bond motifs is 1. The molecule has 0 radical (unpaired) electrons. The lowest BCUT2D eigenvalue weighted by atomic mass is 9.95. The molecule has 0 spiro atoms. The van der Waals surface area contributed by atoms with Crippen molar-refractivity contribution >= 4 is 19.4 Å². The summed E-state index contributed by atoms with van der Waals surface area (Å²) in [7, 11) is -5.27. The maximum absolute atomic E-state index is 13.8. The predicted molar refractivity (Wildman–Crippen MR) is 98.1 cm³/mol. The van der Waals surface area contributed by atoms with Gasteiger partial charge in [-0.25, -0.2) is 17.7 Å². The van der Waals surface area contributed by atoms with Crippen LogP contribution in [0.3, 0.4) is 0 Å². The van der Waals surface area contributed by atoms with E-state index in [2.05, 4.69) is 15.0 Å². The molecule has 5 N–H and O–H groups in total. The van der Waals surface area contributed by atoms with Crippen LogP contribution in [0, 0.1) is 17.5 Å². The number of rotatable bonds is 7. The van der Waals surface area contributed by atoms with Crippen molar-refractivity contribution in [1.29, 1.82) is 0 Å². The molecule has 3 rings (SSSR count). The highest BCUT2D eigenvalue weighted by molar-refractivity contribution is 7.46. The number of carbonyl (C=O) groups excluding carboxylic acids is 1. The van der Waals surface area contributed by atoms with E-state index in [0.29, 0.717) is 17.0 Å². The molecule has 2 heterocycles. The molecular formula is C16H18F6N5O5P. The van der Waals surface area contributed by atoms with Crippen molar-refractivity contribution in [3.8, 4) is 0 Å². The van der Waals surface area contributed by atoms with E-state index in [0.717, 1.165) is 0 Å². The number of phosphoric acid groups is 1. The van der Waals surface area contributed by atoms with Crippen molar-refractivity contribution in [2.24, 2.45) is 10.8 Å². The van der Waals surface area contributed by atoms with E-state index in [4.69, 9.17) is 15.5 Å². The molecule has 1 fully saturated rings. The first-order valence-corrected chi connectivity index (χ1v) is 10.8. The molecule has 2 aliphatic heterocycles. The van der Waals surface area contributed by atoms with Gasteiger partial charge in [-0.15, -0.1) is 14.9 Å². The molecule has 10 nitrogen and oxygen atoms in total. The number of carbonyl (C=O) groups is 1. The maximum Gasteiger partial charge on any atom is 0.492 e. The number of nitrogens with one attached hydrogen (secondary N) is 1. The van der Waals surface area contributed by atoms with Crippen LogP contribution in [0.15, 0.2) is 17.2 Å². The molecule has 17 heteroatoms. The van der Waals surface area contributed by atoms with Crippen LogP contribution < -0.4 is 11.1 Å². The average molecular weight is 505 g/mol. The molecule has 2 unspecified atom stereocenters. The summed E-state index contributed by atoms with van der Waals surface area (Å²) in [5.74, 6) is -5.84. The quantitative estimate of drug-likeness (QED) is 0.244. The van der Waals surface area contributed by atoms with Gasteiger partial charge in [-0.05, 0) is 18.1 Å². The summed E-state index contributed by atoms with van der Waals surface area (Å²) in [5, 5.41) is 5.73. The highest BCUT2D eigenvalue weighted by atomic mass is 31.2. The lowest BCUT2D eigenvalue weighted by Gasteiger charge is -2.38. The van der Waals surface area contributed by atoms with Gasteiger partial charge in [0.1, 0.15) is 5.82 Å². The molecule has 184 valence electrons. The Morgan fingerprint density at radius 3 is 2.52 bits per heavy atom. The van der Waals surface area contributed by atoms with Crippen LogP contribution in [0.25, 0.3) is 0 Å². The summed E-state index contributed by atoms with van der Waals surface area (Å²) in [4.78, 5) is 31.1. The largest absolute Gasteiger partial charge is 0.492 e. The third-order valence-corrected chi connectivity index (χ3v) is 5.28. The average Bonchev–Trinajstić information content (AvgIpc) is 3.02. The van der Waals surface area contributed by atoms with Crippen LogP contribution in [-0.4, -0.2) is 62.6 Å². The molecule has 33 heavy (non-hydrogen) atoms. The zero-order chi connectivity index (χ0) is 24.7. The van der Waals surface area contributed by atoms with E-state index in [-0.39, 0.29) is 17.2 Å². The van der Waals surface area contributed by atoms with Gasteiger partial charge in [-0.2, -0.15) is 13.2 Å². The van der Waals surface area contributed by atoms with E-state index in [1.807, 2.05) is 0 Å². The van der Waals surface area contributed by atoms with E-state index < -0.39 is 80.8 Å². The molecule has 3 atom stereocenters. The van der Waals surface area contributed by atoms with Crippen molar-refractivity contribution in [1.82, 2.24) is 15.4 Å². The van der Waals surface area contributed by atoms with Crippen LogP contribution in [0.4, 0.5) is 26.3 Å². The summed E-state index contributed by atoms with van der Waals surface area (Å²) in [6.45, 7) is -0.562. The fraction of sp³-hybridized carbons (Fsp3) is 0.500. The Bertz CT molecular complexity index is 1000. The van der Waals surface area contributed by atoms with Crippen LogP contribution in [0.1, 0.15) is 18.4 Å². The second kappa shape index (κ2) is 9.19. The van der Waals surface area contributed by atoms with Crippen LogP contribution >= 0.6 is 7.82 Å². The zero-order valence-corrected chi connectivity index (χ0v) is 17.4. The monoisotopic (exact) mass is 505 g/mol. The van der Waals surface area contributed by atoms with Gasteiger partial charge in [0, 0.05) is 24.9 Å². The Morgan fingerprint density at radius 2 is 1.91 bits per heavy atom. The number of ketones is 1. The van der Waals surface area contributed by atoms with E-state index in [9.17, 15) is 35.7 Å². The van der Waals surface area contributed by atoms with Gasteiger partial charge < -0.3 is 20.4 Å². The second-order valence-electron chi connectivity index (χ2n) is 7.39. The minimum atomic E-state index is -5.27. The summed E-state index contributed by atoms with van der Waals surface area (Å²) in [5.41, 5.74) is 5.55. The van der Waals surface area contributed by atoms with Gasteiger partial charge in [-0.3, -0.25) is 10.1 Å². The van der Waals surface area contributed by atoms with Crippen molar-refractivity contribution in [2.45, 2.75) is 43.7 Å². The zero-order valence-electron chi connectivity index (χ0n) is 16.5. The van der Waals surface area contributed by atoms with Crippen molar-refractivity contribution < 1.29 is 50.1 Å². The highest BCUT2D eigenvalue weighted by Gasteiger charge is 2.52. The third kappa shape index (κ3) is 6.02. The Morgan fingerprint density at radius 1 is 1.27 bits per heavy atom. The van der Waals surface area contributed by atoms with Crippen LogP contribution in [0.5, 0.6) is 0 Å². The SMILES string of the molecule is N[C@@H](CC(=O)C1CC2N(OP(=O)(O)O)N=C(C(F)(F)F)N2CN1)Cc1cc(F)c(F)cc1F. The van der Waals surface area contributed by atoms with Gasteiger partial charge in [0.05, 0.1) is 12.7 Å². The van der Waals surface area contributed by atoms with Gasteiger partial charge in [0.2, 0.25) is 5.84 Å². The predicted octanol–water partition coefficient (Wildman–Crippen LogP) is 1.10. The van der Waals surface area contributed by atoms with Crippen molar-refractivity contribution in [3.05, 3.63) is 35.1 Å². The molecular weight excluding hydrogens is 487 g/mol. The smallest absolute Gasteiger partial charge is 0.327 e. The molecule has 1 aromatic carbocycles. The van der Waals surface area contributed by atoms with Crippen molar-refractivity contribution in [2.75, 3.05) is 6.67 Å². The Kier molecular flexibility index (Phi) is 7.07. The lowest BCUT2D eigenvalue weighted by Crippen LogP contribution is -2.60. The normalized spacial score (nSPS) is 22.3. The number of Topliss-reactive ketones (excluding diaryl/α,β-unsaturated/α-hetero) is 1. The molecule has 1 saturated heterocycles. The van der Waals surface area contributed by atoms with Gasteiger partial charge >= 0.3 is 14.0 Å². The number of hydrogen-bond donors (Lipinski definition) is 4. The number of nitrogens with zero attached hydrogens (tertiary/aromatic N) is 3. The van der Waals surface area contributed by atoms with Gasteiger partial charge in [0.15, 0.2) is 23.6 Å². The number of hydroxylamine groups is 1. The van der Waals surface area contributed by atoms with Crippen LogP contribution in [-0.2, 0) is 20.4 Å². The first-order chi connectivity index (χ1) is 15.2. The molecule has 0 aliphatic carbocycles. The summed E-state index contributed by atoms with van der Waals surface area (Å²) in [6, 6.07) is -1.20. The molecule has 0 amide bonds. The first-order valence-electron chi connectivity index (χ1n) is 9.27. The molecule has 0 bridgehead atoms. The number of hydrogen-bond acceptors (Lipinski definition) is 8. The number of nitrogens with two attached hydrogens (primary N) is 1. The molecule has 1 aromatic rings. The summed E-state index contributed by atoms with van der Waals surface area (Å²) >= 11 is 0. The Hall–Kier alpha value is -2.23. The summed E-state index contributed by atoms with van der Waals surface area (Å²) in [6.07, 6.45) is -7.60. The Balaban J connectivity index is 1.67. The van der Waals surface area contributed by atoms with Crippen LogP contribution in [0.2, 0.25) is 0 Å². The number of alkyl halides is 3. The number of halogens is 6. The fourth-order valence-corrected chi connectivity index (χ4v) is 3.86. The van der Waals surface area contributed by atoms with E-state index in [1.54, 1.807) is 0 Å². The first kappa shape index (κ1) is 25.4. The van der Waals surface area contributed by atoms with E-state index in [1.165, 1.54) is 0 Å². The minimum absolute atomic E-state index is 0.0985. The van der Waals surface area contributed by atoms with Gasteiger partial charge in [0.25, 0.3) is 0 Å². The highest BCUT2D eigenvalue weighted by Crippen LogP contribution is 2.42. The molecule has 0 aromatic heterocycles. The molecule has 0 saturated carbocycles. The van der Waals surface area contributed by atoms with Gasteiger partial charge in [-0.1, -0.05) is 0 Å². The fourth-order valence-electron chi connectivity index (χ4n) is 3.50. The standard InChI is InChI=1S/C16H18F6N5O5P/c17-9-4-11(19)10(18)2-7(9)1-8(23)3-13(28)12-5-14-26(6-24-12)15(16(20,21)22)25-27(14)32-33(29,30)31/h2,4,8,12,14,24H,1,3,5-6,23H2,(H2,29,30,31)/t8-,12?,14?/m1/s1. The number of amidine groups is 1. The topological polar surface area (TPSA) is 141 Å². The second-order valence-corrected chi connectivity index (χ2v) is 8.53. The lowest BCUT2D eigenvalue weighted by molar-refractivity contribution is -0.147. The van der Waals surface area contributed by atoms with E-state index >= 15 is 0 Å². The third-order valence-electron chi connectivity index (χ3n) is 4.90. The molecule has 2 aliphatic rings. The Labute approximate surface area is 182 Å². The minimum Gasteiger partial charge on any atom is -0.327 e. The number of hydrazone groups is 1. The van der Waals surface area contributed by atoms with Crippen molar-refractivity contribution in [3.63, 3.8) is 0 Å².